The molecule has 2 heterocycles. The molecule has 2 saturated heterocycles. The molecule has 2 atom stereocenters. The summed E-state index contributed by atoms with van der Waals surface area (Å²) in [5, 5.41) is 3.59. The van der Waals surface area contributed by atoms with Gasteiger partial charge in [-0.25, -0.2) is 0 Å². The lowest BCUT2D eigenvalue weighted by atomic mass is 9.87. The molecule has 0 saturated carbocycles. The largest absolute Gasteiger partial charge is 0.381 e. The van der Waals surface area contributed by atoms with E-state index in [1.165, 1.54) is 32.2 Å². The van der Waals surface area contributed by atoms with E-state index < -0.39 is 0 Å². The minimum Gasteiger partial charge on any atom is -0.381 e. The second kappa shape index (κ2) is 4.19. The van der Waals surface area contributed by atoms with Gasteiger partial charge in [-0.3, -0.25) is 0 Å². The van der Waals surface area contributed by atoms with Crippen molar-refractivity contribution >= 4 is 0 Å². The molecule has 0 amide bonds. The number of rotatable bonds is 2. The Labute approximate surface area is 87.4 Å². The average Bonchev–Trinajstić information content (AvgIpc) is 2.47. The van der Waals surface area contributed by atoms with Gasteiger partial charge in [-0.05, 0) is 57.9 Å². The van der Waals surface area contributed by atoms with E-state index in [4.69, 9.17) is 4.74 Å². The Balaban J connectivity index is 1.75. The van der Waals surface area contributed by atoms with Gasteiger partial charge in [-0.15, -0.1) is 0 Å². The van der Waals surface area contributed by atoms with Gasteiger partial charge in [0.25, 0.3) is 0 Å². The van der Waals surface area contributed by atoms with Crippen LogP contribution < -0.4 is 5.32 Å². The summed E-state index contributed by atoms with van der Waals surface area (Å²) in [6.45, 7) is 7.83. The van der Waals surface area contributed by atoms with Gasteiger partial charge in [0.2, 0.25) is 0 Å². The lowest BCUT2D eigenvalue weighted by Gasteiger charge is -2.24. The van der Waals surface area contributed by atoms with E-state index in [9.17, 15) is 0 Å². The molecule has 2 aliphatic rings. The van der Waals surface area contributed by atoms with Crippen molar-refractivity contribution in [2.24, 2.45) is 11.8 Å². The van der Waals surface area contributed by atoms with E-state index in [1.54, 1.807) is 0 Å². The van der Waals surface area contributed by atoms with E-state index in [0.717, 1.165) is 25.0 Å². The first-order valence-corrected chi connectivity index (χ1v) is 5.98. The smallest absolute Gasteiger partial charge is 0.0494 e. The summed E-state index contributed by atoms with van der Waals surface area (Å²) in [7, 11) is 0. The van der Waals surface area contributed by atoms with Gasteiger partial charge in [0.05, 0.1) is 0 Å². The Kier molecular flexibility index (Phi) is 3.13. The monoisotopic (exact) mass is 197 g/mol. The molecule has 0 aliphatic carbocycles. The van der Waals surface area contributed by atoms with Crippen LogP contribution in [0.2, 0.25) is 0 Å². The van der Waals surface area contributed by atoms with E-state index in [-0.39, 0.29) is 0 Å². The van der Waals surface area contributed by atoms with Crippen molar-refractivity contribution in [3.63, 3.8) is 0 Å². The van der Waals surface area contributed by atoms with Gasteiger partial charge in [-0.1, -0.05) is 0 Å². The summed E-state index contributed by atoms with van der Waals surface area (Å²) in [6, 6.07) is 0. The molecule has 1 unspecified atom stereocenters. The Morgan fingerprint density at radius 1 is 1.36 bits per heavy atom. The molecule has 2 aliphatic heterocycles. The summed E-state index contributed by atoms with van der Waals surface area (Å²) in [6.07, 6.45) is 5.37. The molecule has 2 fully saturated rings. The van der Waals surface area contributed by atoms with Gasteiger partial charge < -0.3 is 10.1 Å². The quantitative estimate of drug-likeness (QED) is 0.732. The number of hydrogen-bond donors (Lipinski definition) is 1. The van der Waals surface area contributed by atoms with Crippen LogP contribution >= 0.6 is 0 Å². The van der Waals surface area contributed by atoms with Crippen LogP contribution in [0.1, 0.15) is 39.5 Å². The first-order chi connectivity index (χ1) is 6.66. The lowest BCUT2D eigenvalue weighted by molar-refractivity contribution is 0.0458. The van der Waals surface area contributed by atoms with Crippen molar-refractivity contribution in [3.05, 3.63) is 0 Å². The Morgan fingerprint density at radius 3 is 2.79 bits per heavy atom. The second-order valence-electron chi connectivity index (χ2n) is 5.65. The molecule has 0 aromatic carbocycles. The third-order valence-corrected chi connectivity index (χ3v) is 3.59. The summed E-state index contributed by atoms with van der Waals surface area (Å²) < 4.78 is 5.52. The number of nitrogens with one attached hydrogen (secondary N) is 1. The molecule has 14 heavy (non-hydrogen) atoms. The minimum absolute atomic E-state index is 0.375. The molecule has 0 bridgehead atoms. The topological polar surface area (TPSA) is 21.3 Å². The molecule has 2 heteroatoms. The van der Waals surface area contributed by atoms with Gasteiger partial charge in [0.15, 0.2) is 0 Å². The van der Waals surface area contributed by atoms with Crippen molar-refractivity contribution in [2.75, 3.05) is 19.8 Å². The standard InChI is InChI=1S/C12H23NO/c1-12(2)7-11(8-13-12)6-10-4-3-5-14-9-10/h10-11,13H,3-9H2,1-2H3/t10-,11?/m1/s1. The summed E-state index contributed by atoms with van der Waals surface area (Å²) >= 11 is 0. The molecular formula is C12H23NO. The summed E-state index contributed by atoms with van der Waals surface area (Å²) in [5.74, 6) is 1.72. The highest BCUT2D eigenvalue weighted by molar-refractivity contribution is 4.90. The number of hydrogen-bond acceptors (Lipinski definition) is 2. The zero-order valence-corrected chi connectivity index (χ0v) is 9.51. The van der Waals surface area contributed by atoms with Crippen LogP contribution in [0.15, 0.2) is 0 Å². The van der Waals surface area contributed by atoms with Gasteiger partial charge in [-0.2, -0.15) is 0 Å². The zero-order valence-electron chi connectivity index (χ0n) is 9.51. The van der Waals surface area contributed by atoms with Gasteiger partial charge >= 0.3 is 0 Å². The highest BCUT2D eigenvalue weighted by Gasteiger charge is 2.31. The SMILES string of the molecule is CC1(C)CC(C[C@H]2CCCOC2)CN1. The van der Waals surface area contributed by atoms with E-state index in [2.05, 4.69) is 19.2 Å². The maximum Gasteiger partial charge on any atom is 0.0494 e. The van der Waals surface area contributed by atoms with Crippen LogP contribution in [0, 0.1) is 11.8 Å². The molecule has 0 aromatic rings. The van der Waals surface area contributed by atoms with Crippen LogP contribution in [-0.4, -0.2) is 25.3 Å². The van der Waals surface area contributed by atoms with E-state index >= 15 is 0 Å². The van der Waals surface area contributed by atoms with Crippen molar-refractivity contribution in [1.82, 2.24) is 5.32 Å². The highest BCUT2D eigenvalue weighted by Crippen LogP contribution is 2.30. The zero-order chi connectivity index (χ0) is 10.0. The molecule has 0 spiro atoms. The Hall–Kier alpha value is -0.0800. The van der Waals surface area contributed by atoms with E-state index in [0.29, 0.717) is 5.54 Å². The average molecular weight is 197 g/mol. The maximum atomic E-state index is 5.52. The van der Waals surface area contributed by atoms with Crippen molar-refractivity contribution < 1.29 is 4.74 Å². The molecule has 2 nitrogen and oxygen atoms in total. The third kappa shape index (κ3) is 2.71. The van der Waals surface area contributed by atoms with Crippen LogP contribution in [0.3, 0.4) is 0 Å². The first-order valence-electron chi connectivity index (χ1n) is 5.98. The number of ether oxygens (including phenoxy) is 1. The molecular weight excluding hydrogens is 174 g/mol. The lowest BCUT2D eigenvalue weighted by Crippen LogP contribution is -2.31. The highest BCUT2D eigenvalue weighted by atomic mass is 16.5. The molecule has 0 radical (unpaired) electrons. The summed E-state index contributed by atoms with van der Waals surface area (Å²) in [5.41, 5.74) is 0.375. The van der Waals surface area contributed by atoms with Gasteiger partial charge in [0.1, 0.15) is 0 Å². The molecule has 2 rings (SSSR count). The van der Waals surface area contributed by atoms with Crippen molar-refractivity contribution in [1.29, 1.82) is 0 Å². The van der Waals surface area contributed by atoms with Crippen molar-refractivity contribution in [3.8, 4) is 0 Å². The summed E-state index contributed by atoms with van der Waals surface area (Å²) in [4.78, 5) is 0. The van der Waals surface area contributed by atoms with Crippen LogP contribution in [0.25, 0.3) is 0 Å². The molecule has 1 N–H and O–H groups in total. The molecule has 0 aromatic heterocycles. The van der Waals surface area contributed by atoms with E-state index in [1.807, 2.05) is 0 Å². The fraction of sp³-hybridized carbons (Fsp3) is 1.00. The second-order valence-corrected chi connectivity index (χ2v) is 5.65. The van der Waals surface area contributed by atoms with Crippen LogP contribution in [0.4, 0.5) is 0 Å². The predicted molar refractivity (Wildman–Crippen MR) is 58.3 cm³/mol. The Morgan fingerprint density at radius 2 is 2.21 bits per heavy atom. The van der Waals surface area contributed by atoms with Crippen LogP contribution in [-0.2, 0) is 4.74 Å². The van der Waals surface area contributed by atoms with Crippen LogP contribution in [0.5, 0.6) is 0 Å². The van der Waals surface area contributed by atoms with Gasteiger partial charge in [0, 0.05) is 18.8 Å². The maximum absolute atomic E-state index is 5.52. The predicted octanol–water partition coefficient (Wildman–Crippen LogP) is 2.19. The fourth-order valence-electron chi connectivity index (χ4n) is 2.92. The fourth-order valence-corrected chi connectivity index (χ4v) is 2.92. The normalized spacial score (nSPS) is 37.3. The Bertz CT molecular complexity index is 185. The third-order valence-electron chi connectivity index (χ3n) is 3.59. The first kappa shape index (κ1) is 10.4. The molecule has 82 valence electrons. The van der Waals surface area contributed by atoms with Crippen molar-refractivity contribution in [2.45, 2.75) is 45.1 Å². The minimum atomic E-state index is 0.375.